The standard InChI is InChI=1S/C15H20FNO3.ClH/c16-13-6-4-12(5-7-13)14-11-17(9-10-20-14)8-2-1-3-15(18)19;/h4-7,14H,1-3,8-11H2,(H,18,19);1H. The lowest BCUT2D eigenvalue weighted by Crippen LogP contribution is -2.38. The molecule has 0 aliphatic carbocycles. The van der Waals surface area contributed by atoms with E-state index in [1.807, 2.05) is 0 Å². The Kier molecular flexibility index (Phi) is 7.64. The zero-order valence-corrected chi connectivity index (χ0v) is 12.7. The van der Waals surface area contributed by atoms with Crippen molar-refractivity contribution in [3.8, 4) is 0 Å². The molecule has 0 saturated carbocycles. The van der Waals surface area contributed by atoms with Gasteiger partial charge in [-0.05, 0) is 37.1 Å². The van der Waals surface area contributed by atoms with E-state index in [0.29, 0.717) is 13.0 Å². The van der Waals surface area contributed by atoms with Gasteiger partial charge in [-0.3, -0.25) is 9.69 Å². The number of aliphatic carboxylic acids is 1. The van der Waals surface area contributed by atoms with E-state index in [-0.39, 0.29) is 30.7 Å². The minimum atomic E-state index is -0.740. The van der Waals surface area contributed by atoms with Crippen molar-refractivity contribution in [2.45, 2.75) is 25.4 Å². The molecule has 1 N–H and O–H groups in total. The van der Waals surface area contributed by atoms with Crippen LogP contribution >= 0.6 is 12.4 Å². The molecule has 0 radical (unpaired) electrons. The third-order valence-corrected chi connectivity index (χ3v) is 3.51. The number of carboxylic acid groups (broad SMARTS) is 1. The van der Waals surface area contributed by atoms with Crippen LogP contribution in [0.2, 0.25) is 0 Å². The van der Waals surface area contributed by atoms with Crippen LogP contribution in [0.25, 0.3) is 0 Å². The Morgan fingerprint density at radius 1 is 1.33 bits per heavy atom. The zero-order chi connectivity index (χ0) is 14.4. The van der Waals surface area contributed by atoms with E-state index in [1.54, 1.807) is 12.1 Å². The number of hydrogen-bond donors (Lipinski definition) is 1. The molecular formula is C15H21ClFNO3. The number of unbranched alkanes of at least 4 members (excludes halogenated alkanes) is 1. The Morgan fingerprint density at radius 2 is 2.05 bits per heavy atom. The quantitative estimate of drug-likeness (QED) is 0.820. The highest BCUT2D eigenvalue weighted by atomic mass is 35.5. The van der Waals surface area contributed by atoms with E-state index >= 15 is 0 Å². The van der Waals surface area contributed by atoms with E-state index in [9.17, 15) is 9.18 Å². The van der Waals surface area contributed by atoms with Gasteiger partial charge in [-0.1, -0.05) is 12.1 Å². The van der Waals surface area contributed by atoms with Gasteiger partial charge >= 0.3 is 5.97 Å². The van der Waals surface area contributed by atoms with Crippen LogP contribution in [0.3, 0.4) is 0 Å². The fourth-order valence-corrected chi connectivity index (χ4v) is 2.40. The van der Waals surface area contributed by atoms with Crippen LogP contribution in [0.5, 0.6) is 0 Å². The molecule has 4 nitrogen and oxygen atoms in total. The van der Waals surface area contributed by atoms with Crippen molar-refractivity contribution in [3.05, 3.63) is 35.6 Å². The minimum absolute atomic E-state index is 0. The van der Waals surface area contributed by atoms with Gasteiger partial charge in [-0.2, -0.15) is 0 Å². The van der Waals surface area contributed by atoms with Gasteiger partial charge in [-0.25, -0.2) is 4.39 Å². The molecule has 1 aliphatic rings. The molecule has 0 bridgehead atoms. The summed E-state index contributed by atoms with van der Waals surface area (Å²) in [5, 5.41) is 8.60. The molecule has 1 atom stereocenters. The molecule has 6 heteroatoms. The summed E-state index contributed by atoms with van der Waals surface area (Å²) in [4.78, 5) is 12.7. The summed E-state index contributed by atoms with van der Waals surface area (Å²) in [5.41, 5.74) is 0.988. The summed E-state index contributed by atoms with van der Waals surface area (Å²) in [6.45, 7) is 3.18. The predicted molar refractivity (Wildman–Crippen MR) is 80.3 cm³/mol. The molecule has 118 valence electrons. The number of carbonyl (C=O) groups is 1. The highest BCUT2D eigenvalue weighted by Crippen LogP contribution is 2.22. The molecular weight excluding hydrogens is 297 g/mol. The second-order valence-corrected chi connectivity index (χ2v) is 5.06. The highest BCUT2D eigenvalue weighted by molar-refractivity contribution is 5.85. The van der Waals surface area contributed by atoms with Crippen LogP contribution < -0.4 is 0 Å². The maximum absolute atomic E-state index is 12.9. The highest BCUT2D eigenvalue weighted by Gasteiger charge is 2.21. The first kappa shape index (κ1) is 17.9. The second-order valence-electron chi connectivity index (χ2n) is 5.06. The maximum atomic E-state index is 12.9. The van der Waals surface area contributed by atoms with E-state index in [4.69, 9.17) is 9.84 Å². The van der Waals surface area contributed by atoms with Gasteiger partial charge in [0.2, 0.25) is 0 Å². The molecule has 1 aromatic carbocycles. The molecule has 0 aromatic heterocycles. The van der Waals surface area contributed by atoms with E-state index in [1.165, 1.54) is 12.1 Å². The molecule has 1 heterocycles. The van der Waals surface area contributed by atoms with Crippen molar-refractivity contribution < 1.29 is 19.0 Å². The summed E-state index contributed by atoms with van der Waals surface area (Å²) in [5.74, 6) is -0.980. The first-order chi connectivity index (χ1) is 9.65. The number of ether oxygens (including phenoxy) is 1. The summed E-state index contributed by atoms with van der Waals surface area (Å²) in [6.07, 6.45) is 1.78. The van der Waals surface area contributed by atoms with Crippen LogP contribution in [0, 0.1) is 5.82 Å². The molecule has 21 heavy (non-hydrogen) atoms. The number of morpholine rings is 1. The lowest BCUT2D eigenvalue weighted by molar-refractivity contribution is -0.137. The number of nitrogens with zero attached hydrogens (tertiary/aromatic N) is 1. The fraction of sp³-hybridized carbons (Fsp3) is 0.533. The number of rotatable bonds is 6. The third-order valence-electron chi connectivity index (χ3n) is 3.51. The van der Waals surface area contributed by atoms with Crippen molar-refractivity contribution in [2.75, 3.05) is 26.2 Å². The molecule has 1 aliphatic heterocycles. The lowest BCUT2D eigenvalue weighted by atomic mass is 10.1. The summed E-state index contributed by atoms with van der Waals surface area (Å²) in [6, 6.07) is 6.41. The normalized spacial score (nSPS) is 19.0. The van der Waals surface area contributed by atoms with Crippen molar-refractivity contribution in [1.29, 1.82) is 0 Å². The molecule has 1 unspecified atom stereocenters. The molecule has 1 fully saturated rings. The van der Waals surface area contributed by atoms with Crippen molar-refractivity contribution in [3.63, 3.8) is 0 Å². The van der Waals surface area contributed by atoms with Crippen molar-refractivity contribution in [2.24, 2.45) is 0 Å². The molecule has 1 aromatic rings. The average molecular weight is 318 g/mol. The average Bonchev–Trinajstić information content (AvgIpc) is 2.44. The Balaban J connectivity index is 0.00000220. The Labute approximate surface area is 130 Å². The summed E-state index contributed by atoms with van der Waals surface area (Å²) >= 11 is 0. The molecule has 1 saturated heterocycles. The Hall–Kier alpha value is -1.17. The van der Waals surface area contributed by atoms with Gasteiger partial charge in [0, 0.05) is 19.5 Å². The Morgan fingerprint density at radius 3 is 2.71 bits per heavy atom. The van der Waals surface area contributed by atoms with Gasteiger partial charge in [0.1, 0.15) is 5.82 Å². The van der Waals surface area contributed by atoms with E-state index in [2.05, 4.69) is 4.90 Å². The van der Waals surface area contributed by atoms with Gasteiger partial charge in [0.25, 0.3) is 0 Å². The van der Waals surface area contributed by atoms with Crippen LogP contribution in [0.4, 0.5) is 4.39 Å². The van der Waals surface area contributed by atoms with Crippen LogP contribution in [-0.2, 0) is 9.53 Å². The number of benzene rings is 1. The van der Waals surface area contributed by atoms with Crippen LogP contribution in [-0.4, -0.2) is 42.2 Å². The van der Waals surface area contributed by atoms with Crippen molar-refractivity contribution >= 4 is 18.4 Å². The topological polar surface area (TPSA) is 49.8 Å². The summed E-state index contributed by atoms with van der Waals surface area (Å²) in [7, 11) is 0. The van der Waals surface area contributed by atoms with Crippen LogP contribution in [0.1, 0.15) is 30.9 Å². The fourth-order valence-electron chi connectivity index (χ4n) is 2.40. The van der Waals surface area contributed by atoms with Crippen molar-refractivity contribution in [1.82, 2.24) is 4.90 Å². The molecule has 0 amide bonds. The zero-order valence-electron chi connectivity index (χ0n) is 11.8. The smallest absolute Gasteiger partial charge is 0.303 e. The number of carboxylic acids is 1. The molecule has 0 spiro atoms. The first-order valence-electron chi connectivity index (χ1n) is 6.96. The largest absolute Gasteiger partial charge is 0.481 e. The lowest BCUT2D eigenvalue weighted by Gasteiger charge is -2.33. The van der Waals surface area contributed by atoms with Gasteiger partial charge in [0.15, 0.2) is 0 Å². The Bertz CT molecular complexity index is 441. The first-order valence-corrected chi connectivity index (χ1v) is 6.96. The predicted octanol–water partition coefficient (Wildman–Crippen LogP) is 2.88. The maximum Gasteiger partial charge on any atom is 0.303 e. The van der Waals surface area contributed by atoms with Gasteiger partial charge in [0.05, 0.1) is 12.7 Å². The third kappa shape index (κ3) is 5.99. The SMILES string of the molecule is Cl.O=C(O)CCCCN1CCOC(c2ccc(F)cc2)C1. The number of halogens is 2. The number of hydrogen-bond acceptors (Lipinski definition) is 3. The molecule has 2 rings (SSSR count). The van der Waals surface area contributed by atoms with Crippen LogP contribution in [0.15, 0.2) is 24.3 Å². The van der Waals surface area contributed by atoms with E-state index < -0.39 is 5.97 Å². The van der Waals surface area contributed by atoms with E-state index in [0.717, 1.165) is 31.6 Å². The minimum Gasteiger partial charge on any atom is -0.481 e. The monoisotopic (exact) mass is 317 g/mol. The second kappa shape index (κ2) is 8.97. The van der Waals surface area contributed by atoms with Gasteiger partial charge < -0.3 is 9.84 Å². The van der Waals surface area contributed by atoms with Gasteiger partial charge in [-0.15, -0.1) is 12.4 Å². The summed E-state index contributed by atoms with van der Waals surface area (Å²) < 4.78 is 18.6.